The van der Waals surface area contributed by atoms with Crippen molar-refractivity contribution in [1.29, 1.82) is 0 Å². The highest BCUT2D eigenvalue weighted by Gasteiger charge is 2.19. The lowest BCUT2D eigenvalue weighted by atomic mass is 10.3. The SMILES string of the molecule is CC1CSCCN1Cc1nnc(Cl)s1. The van der Waals surface area contributed by atoms with Gasteiger partial charge in [-0.2, -0.15) is 11.8 Å². The van der Waals surface area contributed by atoms with Gasteiger partial charge in [0, 0.05) is 24.1 Å². The molecule has 0 amide bonds. The third-order valence-corrected chi connectivity index (χ3v) is 4.48. The standard InChI is InChI=1S/C8H12ClN3S2/c1-6-5-13-3-2-12(6)4-7-10-11-8(9)14-7/h6H,2-5H2,1H3. The molecule has 1 aliphatic heterocycles. The number of aromatic nitrogens is 2. The van der Waals surface area contributed by atoms with E-state index < -0.39 is 0 Å². The van der Waals surface area contributed by atoms with Gasteiger partial charge in [-0.3, -0.25) is 4.90 Å². The van der Waals surface area contributed by atoms with Crippen molar-refractivity contribution in [2.75, 3.05) is 18.1 Å². The van der Waals surface area contributed by atoms with E-state index in [0.29, 0.717) is 10.5 Å². The summed E-state index contributed by atoms with van der Waals surface area (Å²) < 4.78 is 0.541. The summed E-state index contributed by atoms with van der Waals surface area (Å²) in [5, 5.41) is 8.86. The Kier molecular flexibility index (Phi) is 3.65. The molecule has 0 bridgehead atoms. The second-order valence-electron chi connectivity index (χ2n) is 3.34. The molecule has 0 radical (unpaired) electrons. The largest absolute Gasteiger partial charge is 0.292 e. The smallest absolute Gasteiger partial charge is 0.207 e. The number of halogens is 1. The van der Waals surface area contributed by atoms with Crippen molar-refractivity contribution >= 4 is 34.7 Å². The van der Waals surface area contributed by atoms with Gasteiger partial charge in [-0.05, 0) is 18.5 Å². The van der Waals surface area contributed by atoms with E-state index in [1.54, 1.807) is 0 Å². The molecule has 1 saturated heterocycles. The molecule has 1 aromatic rings. The van der Waals surface area contributed by atoms with E-state index in [0.717, 1.165) is 18.1 Å². The Bertz CT molecular complexity index is 305. The van der Waals surface area contributed by atoms with Crippen molar-refractivity contribution in [3.05, 3.63) is 9.47 Å². The van der Waals surface area contributed by atoms with Crippen molar-refractivity contribution in [2.45, 2.75) is 19.5 Å². The zero-order valence-corrected chi connectivity index (χ0v) is 10.3. The van der Waals surface area contributed by atoms with Gasteiger partial charge in [0.1, 0.15) is 5.01 Å². The Labute approximate surface area is 96.8 Å². The van der Waals surface area contributed by atoms with Gasteiger partial charge in [-0.15, -0.1) is 10.2 Å². The normalized spacial score (nSPS) is 24.0. The molecule has 14 heavy (non-hydrogen) atoms. The van der Waals surface area contributed by atoms with Crippen LogP contribution in [0.15, 0.2) is 0 Å². The summed E-state index contributed by atoms with van der Waals surface area (Å²) in [5.41, 5.74) is 0. The molecule has 3 nitrogen and oxygen atoms in total. The third kappa shape index (κ3) is 2.59. The van der Waals surface area contributed by atoms with Gasteiger partial charge in [0.05, 0.1) is 6.54 Å². The van der Waals surface area contributed by atoms with Gasteiger partial charge in [-0.25, -0.2) is 0 Å². The highest BCUT2D eigenvalue weighted by molar-refractivity contribution is 7.99. The zero-order valence-electron chi connectivity index (χ0n) is 7.94. The molecule has 78 valence electrons. The first kappa shape index (κ1) is 10.7. The number of thioether (sulfide) groups is 1. The summed E-state index contributed by atoms with van der Waals surface area (Å²) in [6, 6.07) is 0.636. The fourth-order valence-electron chi connectivity index (χ4n) is 1.47. The van der Waals surface area contributed by atoms with Crippen LogP contribution in [0.3, 0.4) is 0 Å². The number of rotatable bonds is 2. The van der Waals surface area contributed by atoms with E-state index in [4.69, 9.17) is 11.6 Å². The van der Waals surface area contributed by atoms with Gasteiger partial charge in [0.15, 0.2) is 0 Å². The van der Waals surface area contributed by atoms with Gasteiger partial charge in [-0.1, -0.05) is 11.3 Å². The van der Waals surface area contributed by atoms with E-state index in [9.17, 15) is 0 Å². The quantitative estimate of drug-likeness (QED) is 0.803. The average molecular weight is 250 g/mol. The maximum Gasteiger partial charge on any atom is 0.207 e. The Balaban J connectivity index is 1.95. The monoisotopic (exact) mass is 249 g/mol. The fourth-order valence-corrected chi connectivity index (χ4v) is 3.44. The first-order chi connectivity index (χ1) is 6.75. The molecule has 1 atom stereocenters. The second kappa shape index (κ2) is 4.79. The Hall–Kier alpha value is 0.160. The third-order valence-electron chi connectivity index (χ3n) is 2.29. The van der Waals surface area contributed by atoms with E-state index in [2.05, 4.69) is 22.0 Å². The average Bonchev–Trinajstić information content (AvgIpc) is 2.56. The fraction of sp³-hybridized carbons (Fsp3) is 0.750. The van der Waals surface area contributed by atoms with Crippen LogP contribution < -0.4 is 0 Å². The minimum atomic E-state index is 0.541. The molecule has 6 heteroatoms. The highest BCUT2D eigenvalue weighted by Crippen LogP contribution is 2.21. The molecular weight excluding hydrogens is 238 g/mol. The summed E-state index contributed by atoms with van der Waals surface area (Å²) >= 11 is 9.24. The van der Waals surface area contributed by atoms with E-state index in [1.165, 1.54) is 22.8 Å². The molecule has 1 aromatic heterocycles. The van der Waals surface area contributed by atoms with Crippen LogP contribution in [0.25, 0.3) is 0 Å². The van der Waals surface area contributed by atoms with Gasteiger partial charge < -0.3 is 0 Å². The van der Waals surface area contributed by atoms with Crippen LogP contribution in [0.1, 0.15) is 11.9 Å². The minimum Gasteiger partial charge on any atom is -0.292 e. The van der Waals surface area contributed by atoms with Crippen molar-refractivity contribution in [3.63, 3.8) is 0 Å². The van der Waals surface area contributed by atoms with Gasteiger partial charge >= 0.3 is 0 Å². The van der Waals surface area contributed by atoms with Crippen molar-refractivity contribution < 1.29 is 0 Å². The molecule has 0 aliphatic carbocycles. The molecule has 2 rings (SSSR count). The molecule has 0 aromatic carbocycles. The Morgan fingerprint density at radius 1 is 1.57 bits per heavy atom. The van der Waals surface area contributed by atoms with Crippen molar-refractivity contribution in [1.82, 2.24) is 15.1 Å². The molecule has 2 heterocycles. The first-order valence-corrected chi connectivity index (χ1v) is 6.90. The Morgan fingerprint density at radius 2 is 2.43 bits per heavy atom. The van der Waals surface area contributed by atoms with Gasteiger partial charge in [0.25, 0.3) is 0 Å². The van der Waals surface area contributed by atoms with Crippen LogP contribution in [0.5, 0.6) is 0 Å². The summed E-state index contributed by atoms with van der Waals surface area (Å²) in [6.45, 7) is 4.30. The summed E-state index contributed by atoms with van der Waals surface area (Å²) in [6.07, 6.45) is 0. The van der Waals surface area contributed by atoms with Crippen LogP contribution >= 0.6 is 34.7 Å². The molecule has 1 aliphatic rings. The molecule has 0 saturated carbocycles. The lowest BCUT2D eigenvalue weighted by Crippen LogP contribution is -2.39. The Morgan fingerprint density at radius 3 is 3.07 bits per heavy atom. The second-order valence-corrected chi connectivity index (χ2v) is 6.14. The molecule has 0 spiro atoms. The molecular formula is C8H12ClN3S2. The lowest BCUT2D eigenvalue weighted by Gasteiger charge is -2.31. The van der Waals surface area contributed by atoms with Crippen LogP contribution in [0.2, 0.25) is 4.47 Å². The minimum absolute atomic E-state index is 0.541. The summed E-state index contributed by atoms with van der Waals surface area (Å²) in [4.78, 5) is 2.44. The topological polar surface area (TPSA) is 29.0 Å². The first-order valence-electron chi connectivity index (χ1n) is 4.55. The molecule has 1 fully saturated rings. The molecule has 1 unspecified atom stereocenters. The van der Waals surface area contributed by atoms with Crippen molar-refractivity contribution in [2.24, 2.45) is 0 Å². The number of nitrogens with zero attached hydrogens (tertiary/aromatic N) is 3. The number of hydrogen-bond acceptors (Lipinski definition) is 5. The van der Waals surface area contributed by atoms with Crippen LogP contribution in [0, 0.1) is 0 Å². The predicted octanol–water partition coefficient (Wildman–Crippen LogP) is 2.13. The zero-order chi connectivity index (χ0) is 9.97. The van der Waals surface area contributed by atoms with E-state index >= 15 is 0 Å². The number of hydrogen-bond donors (Lipinski definition) is 0. The summed E-state index contributed by atoms with van der Waals surface area (Å²) in [7, 11) is 0. The van der Waals surface area contributed by atoms with E-state index in [1.807, 2.05) is 11.8 Å². The summed E-state index contributed by atoms with van der Waals surface area (Å²) in [5.74, 6) is 2.43. The molecule has 0 N–H and O–H groups in total. The van der Waals surface area contributed by atoms with Crippen LogP contribution in [0.4, 0.5) is 0 Å². The van der Waals surface area contributed by atoms with Gasteiger partial charge in [0.2, 0.25) is 4.47 Å². The predicted molar refractivity (Wildman–Crippen MR) is 62.1 cm³/mol. The highest BCUT2D eigenvalue weighted by atomic mass is 35.5. The van der Waals surface area contributed by atoms with Crippen molar-refractivity contribution in [3.8, 4) is 0 Å². The van der Waals surface area contributed by atoms with E-state index in [-0.39, 0.29) is 0 Å². The van der Waals surface area contributed by atoms with Crippen LogP contribution in [-0.2, 0) is 6.54 Å². The maximum absolute atomic E-state index is 5.74. The maximum atomic E-state index is 5.74. The van der Waals surface area contributed by atoms with Crippen LogP contribution in [-0.4, -0.2) is 39.2 Å². The lowest BCUT2D eigenvalue weighted by molar-refractivity contribution is 0.223.